The first kappa shape index (κ1) is 19.2. The molecule has 2 aliphatic rings. The van der Waals surface area contributed by atoms with Crippen molar-refractivity contribution in [1.29, 1.82) is 0 Å². The van der Waals surface area contributed by atoms with E-state index in [1.165, 1.54) is 0 Å². The molecular formula is C21H28ClN5O. The van der Waals surface area contributed by atoms with Crippen molar-refractivity contribution in [2.24, 2.45) is 18.9 Å². The van der Waals surface area contributed by atoms with Crippen molar-refractivity contribution < 1.29 is 4.79 Å². The second-order valence-corrected chi connectivity index (χ2v) is 8.90. The highest BCUT2D eigenvalue weighted by Crippen LogP contribution is 2.37. The first-order valence-electron chi connectivity index (χ1n) is 10.1. The molecule has 4 unspecified atom stereocenters. The third-order valence-electron chi connectivity index (χ3n) is 6.18. The number of anilines is 1. The lowest BCUT2D eigenvalue weighted by molar-refractivity contribution is -0.130. The van der Waals surface area contributed by atoms with Gasteiger partial charge in [-0.15, -0.1) is 11.6 Å². The molecule has 0 radical (unpaired) electrons. The van der Waals surface area contributed by atoms with Gasteiger partial charge in [0.1, 0.15) is 5.82 Å². The molecule has 0 aromatic carbocycles. The molecule has 2 aromatic rings. The predicted molar refractivity (Wildman–Crippen MR) is 111 cm³/mol. The Bertz CT molecular complexity index is 866. The summed E-state index contributed by atoms with van der Waals surface area (Å²) in [6.45, 7) is 4.05. The van der Waals surface area contributed by atoms with Gasteiger partial charge in [-0.05, 0) is 63.6 Å². The van der Waals surface area contributed by atoms with Crippen molar-refractivity contribution in [1.82, 2.24) is 20.1 Å². The molecule has 1 saturated carbocycles. The number of pyridine rings is 1. The van der Waals surface area contributed by atoms with Crippen LogP contribution in [0.2, 0.25) is 0 Å². The van der Waals surface area contributed by atoms with Gasteiger partial charge in [0.2, 0.25) is 5.91 Å². The number of alkyl halides is 1. The third-order valence-corrected chi connectivity index (χ3v) is 6.57. The minimum absolute atomic E-state index is 0.00678. The van der Waals surface area contributed by atoms with Gasteiger partial charge in [0.25, 0.3) is 0 Å². The number of rotatable bonds is 4. The van der Waals surface area contributed by atoms with Crippen molar-refractivity contribution in [2.45, 2.75) is 57.0 Å². The number of piperidine rings is 1. The van der Waals surface area contributed by atoms with Crippen LogP contribution in [0.3, 0.4) is 0 Å². The second-order valence-electron chi connectivity index (χ2n) is 8.29. The zero-order valence-corrected chi connectivity index (χ0v) is 17.4. The molecule has 2 fully saturated rings. The molecule has 1 amide bonds. The smallest absolute Gasteiger partial charge is 0.225 e. The SMILES string of the molecule is Cc1cc(-c2ccnc(N[C@@H](C)C3CC4CC(Cl)CCC4NC3=O)c2)n(C)n1. The topological polar surface area (TPSA) is 71.8 Å². The van der Waals surface area contributed by atoms with Gasteiger partial charge in [0, 0.05) is 36.3 Å². The molecule has 4 rings (SSSR count). The number of carbonyl (C=O) groups is 1. The van der Waals surface area contributed by atoms with Crippen LogP contribution in [0.5, 0.6) is 0 Å². The standard InChI is InChI=1S/C21H28ClN5O/c1-12-8-19(27(3)26-12)14-6-7-23-20(11-14)24-13(2)17-10-15-9-16(22)4-5-18(15)25-21(17)28/h6-8,11,13,15-18H,4-5,9-10H2,1-3H3,(H,23,24)(H,25,28)/t13-,15?,16?,17?,18?/m0/s1. The number of hydrogen-bond acceptors (Lipinski definition) is 4. The van der Waals surface area contributed by atoms with Crippen LogP contribution in [0.1, 0.15) is 38.3 Å². The van der Waals surface area contributed by atoms with Gasteiger partial charge in [0.05, 0.1) is 17.3 Å². The molecule has 1 saturated heterocycles. The zero-order chi connectivity index (χ0) is 19.8. The monoisotopic (exact) mass is 401 g/mol. The number of nitrogens with one attached hydrogen (secondary N) is 2. The average Bonchev–Trinajstić information content (AvgIpc) is 3.00. The van der Waals surface area contributed by atoms with Crippen molar-refractivity contribution in [3.63, 3.8) is 0 Å². The van der Waals surface area contributed by atoms with Gasteiger partial charge in [-0.3, -0.25) is 9.48 Å². The lowest BCUT2D eigenvalue weighted by Gasteiger charge is -2.42. The number of fused-ring (bicyclic) bond motifs is 1. The molecule has 6 nitrogen and oxygen atoms in total. The Labute approximate surface area is 171 Å². The maximum Gasteiger partial charge on any atom is 0.225 e. The Kier molecular flexibility index (Phi) is 5.32. The number of hydrogen-bond donors (Lipinski definition) is 2. The fourth-order valence-corrected chi connectivity index (χ4v) is 5.05. The van der Waals surface area contributed by atoms with E-state index in [2.05, 4.69) is 33.7 Å². The van der Waals surface area contributed by atoms with E-state index >= 15 is 0 Å². The maximum atomic E-state index is 12.7. The van der Waals surface area contributed by atoms with Crippen LogP contribution in [0.25, 0.3) is 11.3 Å². The summed E-state index contributed by atoms with van der Waals surface area (Å²) in [5.41, 5.74) is 3.08. The zero-order valence-electron chi connectivity index (χ0n) is 16.7. The highest BCUT2D eigenvalue weighted by Gasteiger charge is 2.41. The van der Waals surface area contributed by atoms with E-state index in [1.807, 2.05) is 30.8 Å². The van der Waals surface area contributed by atoms with E-state index in [0.717, 1.165) is 48.5 Å². The van der Waals surface area contributed by atoms with Crippen molar-refractivity contribution in [3.05, 3.63) is 30.1 Å². The summed E-state index contributed by atoms with van der Waals surface area (Å²) in [6.07, 6.45) is 5.65. The fraction of sp³-hybridized carbons (Fsp3) is 0.571. The van der Waals surface area contributed by atoms with Gasteiger partial charge >= 0.3 is 0 Å². The van der Waals surface area contributed by atoms with Crippen LogP contribution in [0.4, 0.5) is 5.82 Å². The molecule has 150 valence electrons. The van der Waals surface area contributed by atoms with E-state index < -0.39 is 0 Å². The second kappa shape index (κ2) is 7.74. The summed E-state index contributed by atoms with van der Waals surface area (Å²) in [5, 5.41) is 11.3. The van der Waals surface area contributed by atoms with Crippen molar-refractivity contribution >= 4 is 23.3 Å². The molecule has 0 spiro atoms. The van der Waals surface area contributed by atoms with Gasteiger partial charge in [-0.2, -0.15) is 5.10 Å². The Balaban J connectivity index is 1.47. The summed E-state index contributed by atoms with van der Waals surface area (Å²) in [4.78, 5) is 17.1. The summed E-state index contributed by atoms with van der Waals surface area (Å²) >= 11 is 6.37. The van der Waals surface area contributed by atoms with E-state index in [0.29, 0.717) is 12.0 Å². The lowest BCUT2D eigenvalue weighted by Crippen LogP contribution is -2.55. The molecule has 28 heavy (non-hydrogen) atoms. The molecule has 1 aliphatic carbocycles. The highest BCUT2D eigenvalue weighted by atomic mass is 35.5. The Morgan fingerprint density at radius 3 is 2.89 bits per heavy atom. The highest BCUT2D eigenvalue weighted by molar-refractivity contribution is 6.20. The van der Waals surface area contributed by atoms with Crippen molar-refractivity contribution in [3.8, 4) is 11.3 Å². The summed E-state index contributed by atoms with van der Waals surface area (Å²) < 4.78 is 1.87. The lowest BCUT2D eigenvalue weighted by atomic mass is 9.74. The van der Waals surface area contributed by atoms with Crippen LogP contribution in [0.15, 0.2) is 24.4 Å². The van der Waals surface area contributed by atoms with Crippen LogP contribution in [0, 0.1) is 18.8 Å². The number of aryl methyl sites for hydroxylation is 2. The van der Waals surface area contributed by atoms with Crippen molar-refractivity contribution in [2.75, 3.05) is 5.32 Å². The van der Waals surface area contributed by atoms with Crippen LogP contribution < -0.4 is 10.6 Å². The quantitative estimate of drug-likeness (QED) is 0.769. The molecule has 7 heteroatoms. The minimum atomic E-state index is -0.0763. The summed E-state index contributed by atoms with van der Waals surface area (Å²) in [5.74, 6) is 1.32. The van der Waals surface area contributed by atoms with Gasteiger partial charge in [-0.1, -0.05) is 0 Å². The van der Waals surface area contributed by atoms with E-state index in [4.69, 9.17) is 11.6 Å². The molecule has 5 atom stereocenters. The van der Waals surface area contributed by atoms with Crippen LogP contribution >= 0.6 is 11.6 Å². The summed E-state index contributed by atoms with van der Waals surface area (Å²) in [6, 6.07) is 6.34. The first-order valence-corrected chi connectivity index (χ1v) is 10.5. The third kappa shape index (κ3) is 3.88. The molecule has 3 heterocycles. The normalized spacial score (nSPS) is 28.4. The number of aromatic nitrogens is 3. The summed E-state index contributed by atoms with van der Waals surface area (Å²) in [7, 11) is 1.94. The molecular weight excluding hydrogens is 374 g/mol. The average molecular weight is 402 g/mol. The minimum Gasteiger partial charge on any atom is -0.367 e. The van der Waals surface area contributed by atoms with Gasteiger partial charge in [-0.25, -0.2) is 4.98 Å². The largest absolute Gasteiger partial charge is 0.367 e. The Morgan fingerprint density at radius 2 is 2.14 bits per heavy atom. The first-order chi connectivity index (χ1) is 13.4. The molecule has 1 aliphatic heterocycles. The Hall–Kier alpha value is -2.08. The molecule has 2 aromatic heterocycles. The van der Waals surface area contributed by atoms with Gasteiger partial charge in [0.15, 0.2) is 0 Å². The van der Waals surface area contributed by atoms with Crippen LogP contribution in [-0.2, 0) is 11.8 Å². The fourth-order valence-electron chi connectivity index (χ4n) is 4.69. The van der Waals surface area contributed by atoms with E-state index in [1.54, 1.807) is 6.20 Å². The molecule has 2 N–H and O–H groups in total. The number of amides is 1. The molecule has 0 bridgehead atoms. The number of nitrogens with zero attached hydrogens (tertiary/aromatic N) is 3. The number of halogens is 1. The van der Waals surface area contributed by atoms with Gasteiger partial charge < -0.3 is 10.6 Å². The Morgan fingerprint density at radius 1 is 1.32 bits per heavy atom. The van der Waals surface area contributed by atoms with Crippen LogP contribution in [-0.4, -0.2) is 38.1 Å². The predicted octanol–water partition coefficient (Wildman–Crippen LogP) is 3.50. The maximum absolute atomic E-state index is 12.7. The van der Waals surface area contributed by atoms with E-state index in [-0.39, 0.29) is 23.2 Å². The van der Waals surface area contributed by atoms with E-state index in [9.17, 15) is 4.79 Å². The number of carbonyl (C=O) groups excluding carboxylic acids is 1.